The van der Waals surface area contributed by atoms with Gasteiger partial charge >= 0.3 is 0 Å². The Kier molecular flexibility index (Phi) is 5.72. The van der Waals surface area contributed by atoms with Crippen molar-refractivity contribution < 1.29 is 4.79 Å². The van der Waals surface area contributed by atoms with Crippen LogP contribution in [0.3, 0.4) is 0 Å². The van der Waals surface area contributed by atoms with E-state index in [9.17, 15) is 4.79 Å². The van der Waals surface area contributed by atoms with Crippen LogP contribution in [0.5, 0.6) is 0 Å². The van der Waals surface area contributed by atoms with Crippen LogP contribution in [-0.4, -0.2) is 39.1 Å². The Labute approximate surface area is 181 Å². The van der Waals surface area contributed by atoms with Gasteiger partial charge in [0.25, 0.3) is 5.91 Å². The molecule has 0 spiro atoms. The maximum Gasteiger partial charge on any atom is 0.254 e. The molecule has 158 valence electrons. The molecule has 31 heavy (non-hydrogen) atoms. The summed E-state index contributed by atoms with van der Waals surface area (Å²) in [6, 6.07) is 14.0. The van der Waals surface area contributed by atoms with E-state index in [1.165, 1.54) is 5.56 Å². The number of nitrogens with one attached hydrogen (secondary N) is 1. The van der Waals surface area contributed by atoms with Gasteiger partial charge in [0, 0.05) is 29.9 Å². The lowest BCUT2D eigenvalue weighted by molar-refractivity contribution is 0.0712. The Hall–Kier alpha value is -3.66. The minimum absolute atomic E-state index is 0.0475. The van der Waals surface area contributed by atoms with Crippen molar-refractivity contribution in [2.45, 2.75) is 39.0 Å². The van der Waals surface area contributed by atoms with Crippen LogP contribution in [0.25, 0.3) is 11.4 Å². The monoisotopic (exact) mass is 414 g/mol. The third-order valence-corrected chi connectivity index (χ3v) is 6.03. The molecule has 0 saturated carbocycles. The molecule has 1 saturated heterocycles. The van der Waals surface area contributed by atoms with E-state index in [1.807, 2.05) is 43.0 Å². The average Bonchev–Trinajstić information content (AvgIpc) is 3.23. The number of amides is 1. The Bertz CT molecular complexity index is 1130. The van der Waals surface area contributed by atoms with Gasteiger partial charge in [-0.25, -0.2) is 0 Å². The van der Waals surface area contributed by atoms with Gasteiger partial charge in [0.2, 0.25) is 0 Å². The number of carbonyl (C=O) groups is 1. The topological polar surface area (TPSA) is 112 Å². The molecule has 1 aromatic heterocycles. The molecule has 7 nitrogen and oxygen atoms in total. The first-order valence-corrected chi connectivity index (χ1v) is 10.5. The number of nitrogens with two attached hydrogens (primary N) is 1. The Balaban J connectivity index is 1.52. The van der Waals surface area contributed by atoms with Crippen LogP contribution in [0.2, 0.25) is 0 Å². The molecule has 0 unspecified atom stereocenters. The van der Waals surface area contributed by atoms with E-state index >= 15 is 0 Å². The smallest absolute Gasteiger partial charge is 0.254 e. The van der Waals surface area contributed by atoms with E-state index in [4.69, 9.17) is 11.0 Å². The van der Waals surface area contributed by atoms with Crippen molar-refractivity contribution in [3.63, 3.8) is 0 Å². The first kappa shape index (κ1) is 20.6. The largest absolute Gasteiger partial charge is 0.399 e. The Morgan fingerprint density at radius 3 is 2.55 bits per heavy atom. The summed E-state index contributed by atoms with van der Waals surface area (Å²) in [5.41, 5.74) is 11.3. The normalized spacial score (nSPS) is 14.4. The van der Waals surface area contributed by atoms with Gasteiger partial charge in [-0.3, -0.25) is 4.79 Å². The number of nitrogens with zero attached hydrogens (tertiary/aromatic N) is 4. The third kappa shape index (κ3) is 4.29. The summed E-state index contributed by atoms with van der Waals surface area (Å²) in [6.07, 6.45) is 2.05. The van der Waals surface area contributed by atoms with Crippen molar-refractivity contribution in [2.75, 3.05) is 18.8 Å². The quantitative estimate of drug-likeness (QED) is 0.632. The fraction of sp³-hybridized carbons (Fsp3) is 0.333. The lowest BCUT2D eigenvalue weighted by Crippen LogP contribution is -2.38. The second-order valence-electron chi connectivity index (χ2n) is 8.17. The second-order valence-corrected chi connectivity index (χ2v) is 8.17. The van der Waals surface area contributed by atoms with Crippen molar-refractivity contribution in [1.82, 2.24) is 20.1 Å². The van der Waals surface area contributed by atoms with Gasteiger partial charge in [-0.15, -0.1) is 10.2 Å². The summed E-state index contributed by atoms with van der Waals surface area (Å²) in [5, 5.41) is 17.1. The zero-order valence-corrected chi connectivity index (χ0v) is 17.9. The number of nitrogen functional groups attached to an aromatic ring is 1. The number of aromatic nitrogens is 3. The van der Waals surface area contributed by atoms with Gasteiger partial charge in [0.05, 0.1) is 12.5 Å². The van der Waals surface area contributed by atoms with Crippen LogP contribution in [0, 0.1) is 25.2 Å². The molecule has 1 aliphatic heterocycles. The maximum atomic E-state index is 13.3. The number of hydrogen-bond donors (Lipinski definition) is 2. The van der Waals surface area contributed by atoms with Gasteiger partial charge in [-0.05, 0) is 67.5 Å². The van der Waals surface area contributed by atoms with Gasteiger partial charge in [-0.1, -0.05) is 18.2 Å². The van der Waals surface area contributed by atoms with Crippen molar-refractivity contribution in [2.24, 2.45) is 0 Å². The number of nitriles is 1. The van der Waals surface area contributed by atoms with Crippen molar-refractivity contribution in [3.05, 3.63) is 64.5 Å². The summed E-state index contributed by atoms with van der Waals surface area (Å²) in [4.78, 5) is 18.4. The fourth-order valence-electron chi connectivity index (χ4n) is 4.26. The first-order valence-electron chi connectivity index (χ1n) is 10.5. The number of benzene rings is 2. The van der Waals surface area contributed by atoms with Crippen LogP contribution in [-0.2, 0) is 6.42 Å². The number of carbonyl (C=O) groups excluding carboxylic acids is 1. The minimum atomic E-state index is 0.0475. The fourth-order valence-corrected chi connectivity index (χ4v) is 4.26. The van der Waals surface area contributed by atoms with E-state index in [2.05, 4.69) is 33.4 Å². The van der Waals surface area contributed by atoms with E-state index in [1.54, 1.807) is 0 Å². The number of H-pyrrole nitrogens is 1. The summed E-state index contributed by atoms with van der Waals surface area (Å²) in [6.45, 7) is 5.41. The summed E-state index contributed by atoms with van der Waals surface area (Å²) >= 11 is 0. The molecular formula is C24H26N6O. The maximum absolute atomic E-state index is 13.3. The molecule has 1 fully saturated rings. The van der Waals surface area contributed by atoms with E-state index in [-0.39, 0.29) is 12.3 Å². The van der Waals surface area contributed by atoms with Crippen LogP contribution in [0.1, 0.15) is 51.6 Å². The zero-order valence-electron chi connectivity index (χ0n) is 17.9. The molecular weight excluding hydrogens is 388 g/mol. The van der Waals surface area contributed by atoms with Crippen molar-refractivity contribution in [1.29, 1.82) is 5.26 Å². The highest BCUT2D eigenvalue weighted by Gasteiger charge is 2.26. The molecule has 0 radical (unpaired) electrons. The number of rotatable bonds is 4. The molecule has 2 heterocycles. The average molecular weight is 415 g/mol. The third-order valence-electron chi connectivity index (χ3n) is 6.03. The minimum Gasteiger partial charge on any atom is -0.399 e. The molecule has 7 heteroatoms. The molecule has 1 aliphatic rings. The molecule has 4 rings (SSSR count). The first-order chi connectivity index (χ1) is 15.0. The molecule has 0 aliphatic carbocycles. The number of likely N-dealkylation sites (tertiary alicyclic amines) is 1. The predicted octanol–water partition coefficient (Wildman–Crippen LogP) is 3.76. The Morgan fingerprint density at radius 1 is 1.16 bits per heavy atom. The van der Waals surface area contributed by atoms with Crippen LogP contribution in [0.15, 0.2) is 36.4 Å². The van der Waals surface area contributed by atoms with E-state index in [0.717, 1.165) is 48.3 Å². The van der Waals surface area contributed by atoms with Gasteiger partial charge in [0.15, 0.2) is 5.82 Å². The van der Waals surface area contributed by atoms with Gasteiger partial charge < -0.3 is 15.6 Å². The number of aromatic amines is 1. The number of piperidine rings is 1. The highest BCUT2D eigenvalue weighted by molar-refractivity contribution is 5.97. The number of hydrogen-bond acceptors (Lipinski definition) is 5. The van der Waals surface area contributed by atoms with Crippen LogP contribution < -0.4 is 5.73 Å². The van der Waals surface area contributed by atoms with Crippen molar-refractivity contribution >= 4 is 11.6 Å². The summed E-state index contributed by atoms with van der Waals surface area (Å²) in [7, 11) is 0. The molecule has 3 N–H and O–H groups in total. The second kappa shape index (κ2) is 8.60. The summed E-state index contributed by atoms with van der Waals surface area (Å²) < 4.78 is 0. The van der Waals surface area contributed by atoms with Crippen LogP contribution in [0.4, 0.5) is 5.69 Å². The molecule has 1 amide bonds. The van der Waals surface area contributed by atoms with Gasteiger partial charge in [-0.2, -0.15) is 5.26 Å². The predicted molar refractivity (Wildman–Crippen MR) is 119 cm³/mol. The molecule has 3 aromatic rings. The van der Waals surface area contributed by atoms with Crippen LogP contribution >= 0.6 is 0 Å². The van der Waals surface area contributed by atoms with Gasteiger partial charge in [0.1, 0.15) is 5.82 Å². The molecule has 2 aromatic carbocycles. The molecule has 0 bridgehead atoms. The lowest BCUT2D eigenvalue weighted by Gasteiger charge is -2.32. The highest BCUT2D eigenvalue weighted by atomic mass is 16.2. The lowest BCUT2D eigenvalue weighted by atomic mass is 9.89. The molecule has 0 atom stereocenters. The summed E-state index contributed by atoms with van der Waals surface area (Å²) in [5.74, 6) is 1.60. The highest BCUT2D eigenvalue weighted by Crippen LogP contribution is 2.30. The number of anilines is 1. The number of aryl methyl sites for hydroxylation is 2. The SMILES string of the molecule is Cc1cc(C)c(-c2nnc(CC#N)[nH]2)cc1C(=O)N1CCC(c2ccc(N)cc2)CC1. The van der Waals surface area contributed by atoms with E-state index in [0.29, 0.717) is 23.1 Å². The van der Waals surface area contributed by atoms with Crippen molar-refractivity contribution in [3.8, 4) is 17.5 Å². The zero-order chi connectivity index (χ0) is 22.0. The van der Waals surface area contributed by atoms with E-state index < -0.39 is 0 Å². The standard InChI is InChI=1S/C24H26N6O/c1-15-13-16(2)21(14-20(15)23-27-22(7-10-25)28-29-23)24(31)30-11-8-18(9-12-30)17-3-5-19(26)6-4-17/h3-6,13-14,18H,7-9,11-12,26H2,1-2H3,(H,27,28,29). The Morgan fingerprint density at radius 2 is 1.87 bits per heavy atom.